The third-order valence-electron chi connectivity index (χ3n) is 1.92. The van der Waals surface area contributed by atoms with E-state index in [0.29, 0.717) is 6.42 Å². The molecule has 0 rings (SSSR count). The fourth-order valence-corrected chi connectivity index (χ4v) is 0.884. The zero-order valence-electron chi connectivity index (χ0n) is 9.31. The summed E-state index contributed by atoms with van der Waals surface area (Å²) in [5.41, 5.74) is 0. The first-order valence-electron chi connectivity index (χ1n) is 4.88. The minimum atomic E-state index is -4.33. The molecule has 17 heavy (non-hydrogen) atoms. The van der Waals surface area contributed by atoms with Crippen molar-refractivity contribution in [1.82, 2.24) is 0 Å². The minimum Gasteiger partial charge on any atom is -0.434 e. The van der Waals surface area contributed by atoms with E-state index in [0.717, 1.165) is 0 Å². The lowest BCUT2D eigenvalue weighted by molar-refractivity contribution is -0.157. The van der Waals surface area contributed by atoms with Crippen LogP contribution in [0.5, 0.6) is 0 Å². The van der Waals surface area contributed by atoms with E-state index in [2.05, 4.69) is 9.47 Å². The zero-order valence-corrected chi connectivity index (χ0v) is 10.9. The summed E-state index contributed by atoms with van der Waals surface area (Å²) in [6.45, 7) is 2.49. The summed E-state index contributed by atoms with van der Waals surface area (Å²) < 4.78 is 58.8. The van der Waals surface area contributed by atoms with Gasteiger partial charge >= 0.3 is 16.9 Å². The third kappa shape index (κ3) is 6.09. The van der Waals surface area contributed by atoms with E-state index in [1.54, 1.807) is 29.8 Å². The van der Waals surface area contributed by atoms with E-state index >= 15 is 0 Å². The highest BCUT2D eigenvalue weighted by molar-refractivity contribution is 9.10. The molecule has 0 spiro atoms. The van der Waals surface area contributed by atoms with Crippen LogP contribution >= 0.6 is 15.9 Å². The number of hydrogen-bond donors (Lipinski definition) is 0. The Morgan fingerprint density at radius 3 is 2.29 bits per heavy atom. The third-order valence-corrected chi connectivity index (χ3v) is 2.50. The highest BCUT2D eigenvalue weighted by Crippen LogP contribution is 2.41. The van der Waals surface area contributed by atoms with Crippen LogP contribution in [0.4, 0.5) is 22.4 Å². The van der Waals surface area contributed by atoms with E-state index in [4.69, 9.17) is 0 Å². The molecule has 102 valence electrons. The Balaban J connectivity index is 3.96. The normalized spacial score (nSPS) is 14.3. The molecule has 0 aliphatic carbocycles. The summed E-state index contributed by atoms with van der Waals surface area (Å²) in [4.78, 5) is 6.53. The first-order valence-corrected chi connectivity index (χ1v) is 5.67. The lowest BCUT2D eigenvalue weighted by Crippen LogP contribution is -2.36. The first kappa shape index (κ1) is 16.5. The molecule has 0 aliphatic heterocycles. The number of carbonyl (C=O) groups is 1. The number of alkyl halides is 5. The Labute approximate surface area is 105 Å². The van der Waals surface area contributed by atoms with Crippen molar-refractivity contribution in [2.24, 2.45) is 0 Å². The lowest BCUT2D eigenvalue weighted by Gasteiger charge is -2.21. The quantitative estimate of drug-likeness (QED) is 0.421. The average Bonchev–Trinajstić information content (AvgIpc) is 2.15. The Morgan fingerprint density at radius 1 is 1.35 bits per heavy atom. The first-order chi connectivity index (χ1) is 7.60. The van der Waals surface area contributed by atoms with Gasteiger partial charge in [0.15, 0.2) is 0 Å². The van der Waals surface area contributed by atoms with Crippen LogP contribution in [0.15, 0.2) is 0 Å². The Bertz CT molecular complexity index is 255. The van der Waals surface area contributed by atoms with Crippen LogP contribution in [-0.2, 0) is 9.47 Å². The monoisotopic (exact) mass is 324 g/mol. The molecular weight excluding hydrogens is 312 g/mol. The van der Waals surface area contributed by atoms with Crippen LogP contribution in [0.3, 0.4) is 0 Å². The average molecular weight is 325 g/mol. The molecule has 1 atom stereocenters. The summed E-state index contributed by atoms with van der Waals surface area (Å²) in [7, 11) is 0. The van der Waals surface area contributed by atoms with E-state index in [1.165, 1.54) is 0 Å². The van der Waals surface area contributed by atoms with Gasteiger partial charge < -0.3 is 9.47 Å². The van der Waals surface area contributed by atoms with Crippen molar-refractivity contribution >= 4 is 22.1 Å². The van der Waals surface area contributed by atoms with Crippen molar-refractivity contribution in [3.8, 4) is 0 Å². The van der Waals surface area contributed by atoms with Crippen LogP contribution in [0.2, 0.25) is 0 Å². The second kappa shape index (κ2) is 6.42. The zero-order chi connectivity index (χ0) is 13.7. The van der Waals surface area contributed by atoms with Crippen LogP contribution < -0.4 is 0 Å². The Morgan fingerprint density at radius 2 is 1.88 bits per heavy atom. The molecule has 0 heterocycles. The molecule has 8 heteroatoms. The second-order valence-electron chi connectivity index (χ2n) is 3.39. The smallest absolute Gasteiger partial charge is 0.434 e. The molecule has 0 saturated carbocycles. The van der Waals surface area contributed by atoms with Gasteiger partial charge in [0.1, 0.15) is 12.7 Å². The molecule has 0 unspecified atom stereocenters. The minimum absolute atomic E-state index is 0.416. The highest BCUT2D eigenvalue weighted by atomic mass is 79.9. The van der Waals surface area contributed by atoms with Gasteiger partial charge in [-0.2, -0.15) is 17.6 Å². The van der Waals surface area contributed by atoms with Crippen molar-refractivity contribution in [2.45, 2.75) is 43.5 Å². The van der Waals surface area contributed by atoms with E-state index < -0.39 is 36.0 Å². The van der Waals surface area contributed by atoms with Crippen LogP contribution in [0.25, 0.3) is 0 Å². The molecule has 0 bridgehead atoms. The van der Waals surface area contributed by atoms with Gasteiger partial charge in [0.05, 0.1) is 6.42 Å². The number of rotatable bonds is 6. The SMILES string of the molecule is CC[C@H](C)OC(=O)OCCC(F)(F)C(F)(F)Br. The summed E-state index contributed by atoms with van der Waals surface area (Å²) in [6, 6.07) is 0. The summed E-state index contributed by atoms with van der Waals surface area (Å²) in [5.74, 6) is -4.29. The number of halogens is 5. The van der Waals surface area contributed by atoms with Gasteiger partial charge in [-0.3, -0.25) is 0 Å². The summed E-state index contributed by atoms with van der Waals surface area (Å²) >= 11 is 1.56. The predicted octanol–water partition coefficient (Wildman–Crippen LogP) is 3.95. The van der Waals surface area contributed by atoms with Crippen molar-refractivity contribution < 1.29 is 31.8 Å². The number of ether oxygens (including phenoxy) is 2. The standard InChI is InChI=1S/C9H13BrF4O3/c1-3-6(2)17-7(15)16-5-4-8(11,12)9(10,13)14/h6H,3-5H2,1-2H3/t6-/m0/s1. The highest BCUT2D eigenvalue weighted by Gasteiger charge is 2.53. The van der Waals surface area contributed by atoms with Gasteiger partial charge in [-0.05, 0) is 29.3 Å². The van der Waals surface area contributed by atoms with Crippen LogP contribution in [0.1, 0.15) is 26.7 Å². The van der Waals surface area contributed by atoms with Gasteiger partial charge in [0.25, 0.3) is 0 Å². The molecular formula is C9H13BrF4O3. The molecule has 3 nitrogen and oxygen atoms in total. The fraction of sp³-hybridized carbons (Fsp3) is 0.889. The second-order valence-corrected chi connectivity index (χ2v) is 4.38. The topological polar surface area (TPSA) is 35.5 Å². The molecule has 0 aliphatic rings. The van der Waals surface area contributed by atoms with Gasteiger partial charge in [-0.1, -0.05) is 6.92 Å². The van der Waals surface area contributed by atoms with E-state index in [1.807, 2.05) is 0 Å². The fourth-order valence-electron chi connectivity index (χ4n) is 0.686. The molecule has 0 aromatic rings. The molecule has 0 N–H and O–H groups in total. The lowest BCUT2D eigenvalue weighted by atomic mass is 10.2. The maximum atomic E-state index is 12.7. The largest absolute Gasteiger partial charge is 0.508 e. The Kier molecular flexibility index (Phi) is 6.22. The van der Waals surface area contributed by atoms with Crippen molar-refractivity contribution in [3.05, 3.63) is 0 Å². The molecule has 0 fully saturated rings. The maximum absolute atomic E-state index is 12.7. The van der Waals surface area contributed by atoms with Crippen LogP contribution in [0, 0.1) is 0 Å². The van der Waals surface area contributed by atoms with E-state index in [9.17, 15) is 22.4 Å². The van der Waals surface area contributed by atoms with Gasteiger partial charge in [-0.25, -0.2) is 4.79 Å². The van der Waals surface area contributed by atoms with Gasteiger partial charge in [0.2, 0.25) is 0 Å². The summed E-state index contributed by atoms with van der Waals surface area (Å²) in [6.07, 6.45) is -2.32. The van der Waals surface area contributed by atoms with Crippen LogP contribution in [-0.4, -0.2) is 29.6 Å². The van der Waals surface area contributed by atoms with Gasteiger partial charge in [0, 0.05) is 0 Å². The van der Waals surface area contributed by atoms with Crippen molar-refractivity contribution in [1.29, 1.82) is 0 Å². The Hall–Kier alpha value is -0.530. The molecule has 0 saturated heterocycles. The van der Waals surface area contributed by atoms with E-state index in [-0.39, 0.29) is 0 Å². The maximum Gasteiger partial charge on any atom is 0.508 e. The molecule has 0 aromatic heterocycles. The molecule has 0 amide bonds. The summed E-state index contributed by atoms with van der Waals surface area (Å²) in [5, 5.41) is 0. The molecule has 0 radical (unpaired) electrons. The molecule has 0 aromatic carbocycles. The van der Waals surface area contributed by atoms with Crippen molar-refractivity contribution in [3.63, 3.8) is 0 Å². The van der Waals surface area contributed by atoms with Crippen molar-refractivity contribution in [2.75, 3.05) is 6.61 Å². The predicted molar refractivity (Wildman–Crippen MR) is 55.6 cm³/mol. The number of carbonyl (C=O) groups excluding carboxylic acids is 1. The number of hydrogen-bond acceptors (Lipinski definition) is 3. The van der Waals surface area contributed by atoms with Gasteiger partial charge in [-0.15, -0.1) is 0 Å².